The van der Waals surface area contributed by atoms with Crippen molar-refractivity contribution >= 4 is 34.7 Å². The van der Waals surface area contributed by atoms with E-state index < -0.39 is 6.09 Å². The lowest BCUT2D eigenvalue weighted by Crippen LogP contribution is -2.26. The van der Waals surface area contributed by atoms with Crippen LogP contribution < -0.4 is 5.73 Å². The molecular weight excluding hydrogens is 433 g/mol. The van der Waals surface area contributed by atoms with Crippen LogP contribution in [0.4, 0.5) is 4.79 Å². The van der Waals surface area contributed by atoms with Crippen molar-refractivity contribution in [3.8, 4) is 0 Å². The minimum atomic E-state index is -0.741. The van der Waals surface area contributed by atoms with Gasteiger partial charge in [0.25, 0.3) is 0 Å². The summed E-state index contributed by atoms with van der Waals surface area (Å²) in [7, 11) is 0. The number of rotatable bonds is 2. The number of amides is 1. The molecule has 0 unspecified atom stereocenters. The molecule has 0 bridgehead atoms. The normalized spacial score (nSPS) is 34.7. The predicted octanol–water partition coefficient (Wildman–Crippen LogP) is 4.52. The van der Waals surface area contributed by atoms with Crippen molar-refractivity contribution in [2.24, 2.45) is 23.5 Å². The molecule has 0 aliphatic carbocycles. The number of nitrogens with two attached hydrogens (primary N) is 1. The number of ether oxygens (including phenoxy) is 2. The summed E-state index contributed by atoms with van der Waals surface area (Å²) in [6, 6.07) is 0. The molecule has 0 fully saturated rings. The second-order valence-corrected chi connectivity index (χ2v) is 7.43. The molecule has 0 spiro atoms. The molecule has 5 atom stereocenters. The first-order valence-electron chi connectivity index (χ1n) is 8.60. The lowest BCUT2D eigenvalue weighted by molar-refractivity contribution is -0.142. The lowest BCUT2D eigenvalue weighted by Gasteiger charge is -2.23. The zero-order valence-corrected chi connectivity index (χ0v) is 17.2. The standard InChI is InChI=1S/C19H28INO4/c1-13-5-4-6-18(22)25-17(9-10-20)15(3)8-7-14(2)12-16(11-13)24-19(21)23/h4,6-10,13-17H,5,11-12H2,1-3H3,(H2,21,23)/b6-4-,8-7+,10-9+/t13-,14+,15+,16-,17-/m0/s1. The minimum Gasteiger partial charge on any atom is -0.454 e. The fraction of sp³-hybridized carbons (Fsp3) is 0.579. The first-order valence-corrected chi connectivity index (χ1v) is 9.84. The van der Waals surface area contributed by atoms with Gasteiger partial charge in [-0.05, 0) is 41.3 Å². The van der Waals surface area contributed by atoms with Crippen molar-refractivity contribution < 1.29 is 19.1 Å². The highest BCUT2D eigenvalue weighted by Crippen LogP contribution is 2.22. The van der Waals surface area contributed by atoms with Gasteiger partial charge in [0.15, 0.2) is 0 Å². The molecule has 25 heavy (non-hydrogen) atoms. The number of carbonyl (C=O) groups excluding carboxylic acids is 2. The molecule has 6 heteroatoms. The molecule has 0 saturated heterocycles. The van der Waals surface area contributed by atoms with Gasteiger partial charge in [0, 0.05) is 12.0 Å². The monoisotopic (exact) mass is 461 g/mol. The van der Waals surface area contributed by atoms with E-state index in [1.54, 1.807) is 0 Å². The van der Waals surface area contributed by atoms with Crippen molar-refractivity contribution in [1.29, 1.82) is 0 Å². The predicted molar refractivity (Wildman–Crippen MR) is 107 cm³/mol. The highest BCUT2D eigenvalue weighted by Gasteiger charge is 2.20. The van der Waals surface area contributed by atoms with Crippen molar-refractivity contribution in [3.63, 3.8) is 0 Å². The zero-order valence-electron chi connectivity index (χ0n) is 15.1. The Bertz CT molecular complexity index is 530. The van der Waals surface area contributed by atoms with Crippen LogP contribution in [0.25, 0.3) is 0 Å². The molecule has 140 valence electrons. The van der Waals surface area contributed by atoms with E-state index in [4.69, 9.17) is 15.2 Å². The fourth-order valence-corrected chi connectivity index (χ4v) is 3.24. The molecule has 0 aromatic heterocycles. The van der Waals surface area contributed by atoms with Crippen molar-refractivity contribution in [3.05, 3.63) is 34.5 Å². The van der Waals surface area contributed by atoms with Crippen molar-refractivity contribution in [2.45, 2.75) is 52.2 Å². The quantitative estimate of drug-likeness (QED) is 0.373. The maximum absolute atomic E-state index is 12.0. The highest BCUT2D eigenvalue weighted by molar-refractivity contribution is 14.1. The molecule has 2 N–H and O–H groups in total. The van der Waals surface area contributed by atoms with Crippen LogP contribution >= 0.6 is 22.6 Å². The van der Waals surface area contributed by atoms with Crippen LogP contribution in [-0.4, -0.2) is 24.3 Å². The average Bonchev–Trinajstić information content (AvgIpc) is 2.50. The number of hydrogen-bond donors (Lipinski definition) is 1. The number of primary amides is 1. The van der Waals surface area contributed by atoms with Crippen LogP contribution in [0.2, 0.25) is 0 Å². The number of halogens is 1. The van der Waals surface area contributed by atoms with Gasteiger partial charge in [0.2, 0.25) is 0 Å². The Balaban J connectivity index is 2.97. The molecular formula is C19H28INO4. The van der Waals surface area contributed by atoms with E-state index in [2.05, 4.69) is 42.5 Å². The van der Waals surface area contributed by atoms with E-state index in [1.165, 1.54) is 6.08 Å². The number of allylic oxidation sites excluding steroid dienone is 2. The summed E-state index contributed by atoms with van der Waals surface area (Å²) in [6.45, 7) is 6.14. The first kappa shape index (κ1) is 21.7. The Hall–Kier alpha value is -1.31. The summed E-state index contributed by atoms with van der Waals surface area (Å²) in [4.78, 5) is 23.2. The van der Waals surface area contributed by atoms with Crippen LogP contribution in [0.3, 0.4) is 0 Å². The lowest BCUT2D eigenvalue weighted by atomic mass is 9.92. The molecule has 1 heterocycles. The third kappa shape index (κ3) is 9.09. The molecule has 5 nitrogen and oxygen atoms in total. The van der Waals surface area contributed by atoms with E-state index in [0.717, 1.165) is 0 Å². The van der Waals surface area contributed by atoms with Crippen LogP contribution in [0, 0.1) is 17.8 Å². The smallest absolute Gasteiger partial charge is 0.404 e. The second-order valence-electron chi connectivity index (χ2n) is 6.71. The Labute approximate surface area is 163 Å². The number of carbonyl (C=O) groups is 2. The molecule has 0 radical (unpaired) electrons. The Morgan fingerprint density at radius 3 is 2.68 bits per heavy atom. The summed E-state index contributed by atoms with van der Waals surface area (Å²) >= 11 is 2.12. The highest BCUT2D eigenvalue weighted by atomic mass is 127. The van der Waals surface area contributed by atoms with Gasteiger partial charge in [-0.25, -0.2) is 9.59 Å². The van der Waals surface area contributed by atoms with E-state index >= 15 is 0 Å². The average molecular weight is 461 g/mol. The third-order valence-corrected chi connectivity index (χ3v) is 4.57. The van der Waals surface area contributed by atoms with E-state index in [1.807, 2.05) is 29.2 Å². The van der Waals surface area contributed by atoms with Gasteiger partial charge in [-0.3, -0.25) is 0 Å². The Morgan fingerprint density at radius 2 is 2.04 bits per heavy atom. The minimum absolute atomic E-state index is 0.0446. The maximum atomic E-state index is 12.0. The van der Waals surface area contributed by atoms with Gasteiger partial charge >= 0.3 is 12.1 Å². The number of hydrogen-bond acceptors (Lipinski definition) is 4. The first-order chi connectivity index (χ1) is 11.8. The molecule has 1 aliphatic heterocycles. The topological polar surface area (TPSA) is 78.6 Å². The summed E-state index contributed by atoms with van der Waals surface area (Å²) in [5.74, 6) is 0.180. The van der Waals surface area contributed by atoms with E-state index in [-0.39, 0.29) is 35.9 Å². The second kappa shape index (κ2) is 11.3. The maximum Gasteiger partial charge on any atom is 0.404 e. The molecule has 1 rings (SSSR count). The van der Waals surface area contributed by atoms with Gasteiger partial charge in [0.1, 0.15) is 12.2 Å². The molecule has 1 aliphatic rings. The van der Waals surface area contributed by atoms with Crippen LogP contribution in [0.1, 0.15) is 40.0 Å². The fourth-order valence-electron chi connectivity index (χ4n) is 2.83. The van der Waals surface area contributed by atoms with Gasteiger partial charge in [-0.1, -0.05) is 61.6 Å². The SMILES string of the molecule is C[C@H]1C/C=C\C(=O)O[C@@H](/C=C/I)[C@H](C)/C=C/[C@@H](C)C[C@@H](OC(N)=O)C1. The summed E-state index contributed by atoms with van der Waals surface area (Å²) < 4.78 is 12.7. The van der Waals surface area contributed by atoms with E-state index in [0.29, 0.717) is 19.3 Å². The molecule has 0 aromatic carbocycles. The summed E-state index contributed by atoms with van der Waals surface area (Å²) in [5, 5.41) is 0. The van der Waals surface area contributed by atoms with Crippen LogP contribution in [0.15, 0.2) is 34.5 Å². The largest absolute Gasteiger partial charge is 0.454 e. The molecule has 0 aromatic rings. The summed E-state index contributed by atoms with van der Waals surface area (Å²) in [6.07, 6.45) is 10.1. The summed E-state index contributed by atoms with van der Waals surface area (Å²) in [5.41, 5.74) is 5.20. The van der Waals surface area contributed by atoms with Gasteiger partial charge in [0.05, 0.1) is 0 Å². The van der Waals surface area contributed by atoms with Crippen molar-refractivity contribution in [1.82, 2.24) is 0 Å². The zero-order chi connectivity index (χ0) is 18.8. The number of esters is 1. The van der Waals surface area contributed by atoms with Gasteiger partial charge in [-0.15, -0.1) is 0 Å². The van der Waals surface area contributed by atoms with E-state index in [9.17, 15) is 9.59 Å². The van der Waals surface area contributed by atoms with Crippen molar-refractivity contribution in [2.75, 3.05) is 0 Å². The Kier molecular flexibility index (Phi) is 9.85. The Morgan fingerprint density at radius 1 is 1.32 bits per heavy atom. The van der Waals surface area contributed by atoms with Crippen LogP contribution in [0.5, 0.6) is 0 Å². The van der Waals surface area contributed by atoms with Gasteiger partial charge < -0.3 is 15.2 Å². The van der Waals surface area contributed by atoms with Crippen LogP contribution in [-0.2, 0) is 14.3 Å². The third-order valence-electron chi connectivity index (χ3n) is 4.15. The van der Waals surface area contributed by atoms with Gasteiger partial charge in [-0.2, -0.15) is 0 Å². The number of cyclic esters (lactones) is 1. The molecule has 1 amide bonds. The molecule has 0 saturated carbocycles.